The van der Waals surface area contributed by atoms with Gasteiger partial charge in [0.2, 0.25) is 0 Å². The average molecular weight is 277 g/mol. The van der Waals surface area contributed by atoms with Crippen molar-refractivity contribution in [2.75, 3.05) is 6.61 Å². The van der Waals surface area contributed by atoms with E-state index in [0.29, 0.717) is 0 Å². The first-order valence-electron chi connectivity index (χ1n) is 6.71. The Kier molecular flexibility index (Phi) is 3.89. The molecule has 1 aromatic carbocycles. The summed E-state index contributed by atoms with van der Waals surface area (Å²) >= 11 is 0. The van der Waals surface area contributed by atoms with Gasteiger partial charge in [-0.2, -0.15) is 5.10 Å². The Bertz CT molecular complexity index is 733. The SMILES string of the molecule is OCC=Cc1cn(-c2ccccc2)nc1-c1ccncc1. The first-order valence-corrected chi connectivity index (χ1v) is 6.71. The van der Waals surface area contributed by atoms with Gasteiger partial charge in [0, 0.05) is 29.7 Å². The lowest BCUT2D eigenvalue weighted by atomic mass is 10.1. The standard InChI is InChI=1S/C17H15N3O/c21-12-4-5-15-13-20(16-6-2-1-3-7-16)19-17(15)14-8-10-18-11-9-14/h1-11,13,21H,12H2. The van der Waals surface area contributed by atoms with Crippen LogP contribution in [0.25, 0.3) is 23.0 Å². The summed E-state index contributed by atoms with van der Waals surface area (Å²) in [5.74, 6) is 0. The fourth-order valence-corrected chi connectivity index (χ4v) is 2.14. The predicted molar refractivity (Wildman–Crippen MR) is 82.9 cm³/mol. The van der Waals surface area contributed by atoms with Crippen LogP contribution in [0.1, 0.15) is 5.56 Å². The number of hydrogen-bond donors (Lipinski definition) is 1. The van der Waals surface area contributed by atoms with E-state index in [1.54, 1.807) is 18.5 Å². The number of aromatic nitrogens is 3. The molecule has 0 saturated carbocycles. The summed E-state index contributed by atoms with van der Waals surface area (Å²) in [6.45, 7) is 0.00625. The van der Waals surface area contributed by atoms with E-state index in [2.05, 4.69) is 10.1 Å². The van der Waals surface area contributed by atoms with Crippen molar-refractivity contribution in [3.05, 3.63) is 72.7 Å². The van der Waals surface area contributed by atoms with Gasteiger partial charge in [-0.15, -0.1) is 0 Å². The maximum Gasteiger partial charge on any atom is 0.100 e. The third-order valence-electron chi connectivity index (χ3n) is 3.12. The van der Waals surface area contributed by atoms with Crippen LogP contribution in [0.3, 0.4) is 0 Å². The molecule has 1 N–H and O–H groups in total. The molecule has 0 aliphatic carbocycles. The molecule has 4 heteroatoms. The largest absolute Gasteiger partial charge is 0.392 e. The summed E-state index contributed by atoms with van der Waals surface area (Å²) in [5, 5.41) is 13.6. The Labute approximate surface area is 123 Å². The normalized spacial score (nSPS) is 11.1. The van der Waals surface area contributed by atoms with E-state index < -0.39 is 0 Å². The highest BCUT2D eigenvalue weighted by Gasteiger charge is 2.09. The number of hydrogen-bond acceptors (Lipinski definition) is 3. The zero-order valence-corrected chi connectivity index (χ0v) is 11.4. The maximum absolute atomic E-state index is 8.99. The number of nitrogens with zero attached hydrogens (tertiary/aromatic N) is 3. The molecule has 21 heavy (non-hydrogen) atoms. The smallest absolute Gasteiger partial charge is 0.100 e. The van der Waals surface area contributed by atoms with Gasteiger partial charge in [0.15, 0.2) is 0 Å². The van der Waals surface area contributed by atoms with Crippen LogP contribution in [0, 0.1) is 0 Å². The van der Waals surface area contributed by atoms with Crippen molar-refractivity contribution < 1.29 is 5.11 Å². The summed E-state index contributed by atoms with van der Waals surface area (Å²) in [6.07, 6.45) is 9.03. The Morgan fingerprint density at radius 2 is 1.81 bits per heavy atom. The molecule has 0 saturated heterocycles. The van der Waals surface area contributed by atoms with Crippen molar-refractivity contribution in [3.8, 4) is 16.9 Å². The summed E-state index contributed by atoms with van der Waals surface area (Å²) < 4.78 is 1.84. The van der Waals surface area contributed by atoms with E-state index in [4.69, 9.17) is 5.11 Å². The summed E-state index contributed by atoms with van der Waals surface area (Å²) in [6, 6.07) is 13.8. The van der Waals surface area contributed by atoms with Gasteiger partial charge in [-0.25, -0.2) is 4.68 Å². The van der Waals surface area contributed by atoms with Crippen LogP contribution in [0.5, 0.6) is 0 Å². The molecule has 4 nitrogen and oxygen atoms in total. The molecule has 104 valence electrons. The minimum absolute atomic E-state index is 0.00625. The molecule has 0 radical (unpaired) electrons. The highest BCUT2D eigenvalue weighted by molar-refractivity contribution is 5.71. The molecule has 0 bridgehead atoms. The maximum atomic E-state index is 8.99. The first-order chi connectivity index (χ1) is 10.4. The number of aliphatic hydroxyl groups is 1. The van der Waals surface area contributed by atoms with Crippen molar-refractivity contribution in [1.82, 2.24) is 14.8 Å². The molecule has 3 rings (SSSR count). The third kappa shape index (κ3) is 2.90. The fourth-order valence-electron chi connectivity index (χ4n) is 2.14. The van der Waals surface area contributed by atoms with E-state index in [0.717, 1.165) is 22.5 Å². The fraction of sp³-hybridized carbons (Fsp3) is 0.0588. The third-order valence-corrected chi connectivity index (χ3v) is 3.12. The number of pyridine rings is 1. The van der Waals surface area contributed by atoms with Gasteiger partial charge in [-0.1, -0.05) is 30.4 Å². The second kappa shape index (κ2) is 6.15. The lowest BCUT2D eigenvalue weighted by molar-refractivity contribution is 0.343. The van der Waals surface area contributed by atoms with Crippen LogP contribution in [-0.2, 0) is 0 Å². The molecule has 0 aliphatic heterocycles. The van der Waals surface area contributed by atoms with Crippen LogP contribution >= 0.6 is 0 Å². The summed E-state index contributed by atoms with van der Waals surface area (Å²) in [4.78, 5) is 4.04. The molecular formula is C17H15N3O. The molecular weight excluding hydrogens is 262 g/mol. The van der Waals surface area contributed by atoms with Gasteiger partial charge in [0.05, 0.1) is 12.3 Å². The summed E-state index contributed by atoms with van der Waals surface area (Å²) in [5.41, 5.74) is 3.82. The second-order valence-electron chi connectivity index (χ2n) is 4.53. The van der Waals surface area contributed by atoms with E-state index in [1.165, 1.54) is 0 Å². The molecule has 0 fully saturated rings. The molecule has 0 aliphatic rings. The number of aliphatic hydroxyl groups excluding tert-OH is 1. The Balaban J connectivity index is 2.10. The van der Waals surface area contributed by atoms with Crippen molar-refractivity contribution in [2.45, 2.75) is 0 Å². The van der Waals surface area contributed by atoms with E-state index in [1.807, 2.05) is 59.4 Å². The van der Waals surface area contributed by atoms with E-state index >= 15 is 0 Å². The Hall–Kier alpha value is -2.72. The van der Waals surface area contributed by atoms with Gasteiger partial charge in [0.25, 0.3) is 0 Å². The quantitative estimate of drug-likeness (QED) is 0.797. The van der Waals surface area contributed by atoms with Crippen molar-refractivity contribution in [3.63, 3.8) is 0 Å². The highest BCUT2D eigenvalue weighted by Crippen LogP contribution is 2.24. The minimum Gasteiger partial charge on any atom is -0.392 e. The Morgan fingerprint density at radius 1 is 1.05 bits per heavy atom. The van der Waals surface area contributed by atoms with Gasteiger partial charge >= 0.3 is 0 Å². The highest BCUT2D eigenvalue weighted by atomic mass is 16.2. The number of benzene rings is 1. The monoisotopic (exact) mass is 277 g/mol. The van der Waals surface area contributed by atoms with Crippen LogP contribution in [0.15, 0.2) is 67.1 Å². The van der Waals surface area contributed by atoms with E-state index in [9.17, 15) is 0 Å². The second-order valence-corrected chi connectivity index (χ2v) is 4.53. The van der Waals surface area contributed by atoms with Crippen LogP contribution in [-0.4, -0.2) is 26.5 Å². The number of rotatable bonds is 4. The molecule has 0 amide bonds. The number of para-hydroxylation sites is 1. The Morgan fingerprint density at radius 3 is 2.52 bits per heavy atom. The average Bonchev–Trinajstić information content (AvgIpc) is 2.99. The van der Waals surface area contributed by atoms with Gasteiger partial charge in [-0.3, -0.25) is 4.98 Å². The zero-order valence-electron chi connectivity index (χ0n) is 11.4. The van der Waals surface area contributed by atoms with Crippen molar-refractivity contribution >= 4 is 6.08 Å². The van der Waals surface area contributed by atoms with Gasteiger partial charge in [0.1, 0.15) is 5.69 Å². The molecule has 0 unspecified atom stereocenters. The van der Waals surface area contributed by atoms with Crippen LogP contribution < -0.4 is 0 Å². The summed E-state index contributed by atoms with van der Waals surface area (Å²) in [7, 11) is 0. The first kappa shape index (κ1) is 13.3. The lowest BCUT2D eigenvalue weighted by Gasteiger charge is -2.00. The van der Waals surface area contributed by atoms with E-state index in [-0.39, 0.29) is 6.61 Å². The van der Waals surface area contributed by atoms with Crippen LogP contribution in [0.2, 0.25) is 0 Å². The molecule has 0 atom stereocenters. The molecule has 3 aromatic rings. The predicted octanol–water partition coefficient (Wildman–Crippen LogP) is 2.94. The van der Waals surface area contributed by atoms with Crippen molar-refractivity contribution in [1.29, 1.82) is 0 Å². The van der Waals surface area contributed by atoms with Gasteiger partial charge in [-0.05, 0) is 24.3 Å². The minimum atomic E-state index is 0.00625. The topological polar surface area (TPSA) is 50.9 Å². The van der Waals surface area contributed by atoms with Gasteiger partial charge < -0.3 is 5.11 Å². The molecule has 2 aromatic heterocycles. The molecule has 0 spiro atoms. The molecule has 2 heterocycles. The van der Waals surface area contributed by atoms with Crippen molar-refractivity contribution in [2.24, 2.45) is 0 Å². The zero-order chi connectivity index (χ0) is 14.5. The van der Waals surface area contributed by atoms with Crippen LogP contribution in [0.4, 0.5) is 0 Å². The lowest BCUT2D eigenvalue weighted by Crippen LogP contribution is -1.93.